The Morgan fingerprint density at radius 2 is 2.26 bits per heavy atom. The molecule has 23 heavy (non-hydrogen) atoms. The number of rotatable bonds is 3. The van der Waals surface area contributed by atoms with E-state index >= 15 is 0 Å². The van der Waals surface area contributed by atoms with Crippen LogP contribution in [0.25, 0.3) is 10.9 Å². The molecule has 7 nitrogen and oxygen atoms in total. The Bertz CT molecular complexity index is 809. The number of carbonyl (C=O) groups excluding carboxylic acids is 1. The third-order valence-corrected chi connectivity index (χ3v) is 4.52. The molecule has 1 fully saturated rings. The molecule has 4 rings (SSSR count). The minimum Gasteiger partial charge on any atom is -0.361 e. The van der Waals surface area contributed by atoms with Crippen LogP contribution in [0.2, 0.25) is 0 Å². The van der Waals surface area contributed by atoms with Crippen LogP contribution in [-0.4, -0.2) is 49.5 Å². The highest BCUT2D eigenvalue weighted by Gasteiger charge is 2.27. The van der Waals surface area contributed by atoms with Crippen molar-refractivity contribution in [3.8, 4) is 0 Å². The Kier molecular flexibility index (Phi) is 3.53. The molecule has 1 amide bonds. The average Bonchev–Trinajstić information content (AvgIpc) is 3.25. The Balaban J connectivity index is 1.48. The van der Waals surface area contributed by atoms with Crippen molar-refractivity contribution in [1.82, 2.24) is 30.5 Å². The summed E-state index contributed by atoms with van der Waals surface area (Å²) in [5.74, 6) is 1.03. The Labute approximate surface area is 133 Å². The van der Waals surface area contributed by atoms with E-state index < -0.39 is 0 Å². The third-order valence-electron chi connectivity index (χ3n) is 4.52. The first-order valence-electron chi connectivity index (χ1n) is 7.87. The van der Waals surface area contributed by atoms with Gasteiger partial charge < -0.3 is 9.88 Å². The Morgan fingerprint density at radius 1 is 1.35 bits per heavy atom. The molecule has 1 aliphatic heterocycles. The minimum atomic E-state index is 0.156. The summed E-state index contributed by atoms with van der Waals surface area (Å²) in [5.41, 5.74) is 2.12. The quantitative estimate of drug-likeness (QED) is 0.769. The summed E-state index contributed by atoms with van der Waals surface area (Å²) in [7, 11) is 0. The fourth-order valence-corrected chi connectivity index (χ4v) is 3.31. The number of nitrogens with zero attached hydrogens (tertiary/aromatic N) is 4. The van der Waals surface area contributed by atoms with E-state index in [1.165, 1.54) is 0 Å². The number of piperidine rings is 1. The monoisotopic (exact) mass is 310 g/mol. The number of para-hydroxylation sites is 1. The number of nitrogens with one attached hydrogen (secondary N) is 2. The molecule has 118 valence electrons. The number of hydrogen-bond donors (Lipinski definition) is 2. The van der Waals surface area contributed by atoms with Crippen molar-refractivity contribution in [3.63, 3.8) is 0 Å². The zero-order valence-electron chi connectivity index (χ0n) is 12.7. The highest BCUT2D eigenvalue weighted by molar-refractivity contribution is 5.88. The van der Waals surface area contributed by atoms with Crippen molar-refractivity contribution in [1.29, 1.82) is 0 Å². The second kappa shape index (κ2) is 5.83. The zero-order chi connectivity index (χ0) is 15.6. The highest BCUT2D eigenvalue weighted by Crippen LogP contribution is 2.25. The van der Waals surface area contributed by atoms with Crippen LogP contribution >= 0.6 is 0 Å². The van der Waals surface area contributed by atoms with E-state index in [4.69, 9.17) is 0 Å². The van der Waals surface area contributed by atoms with Gasteiger partial charge in [-0.05, 0) is 24.5 Å². The fraction of sp³-hybridized carbons (Fsp3) is 0.375. The summed E-state index contributed by atoms with van der Waals surface area (Å²) in [5, 5.41) is 15.3. The molecule has 0 bridgehead atoms. The summed E-state index contributed by atoms with van der Waals surface area (Å²) in [6.07, 6.45) is 4.32. The lowest BCUT2D eigenvalue weighted by Gasteiger charge is -2.31. The van der Waals surface area contributed by atoms with Gasteiger partial charge in [0, 0.05) is 36.1 Å². The van der Waals surface area contributed by atoms with Crippen LogP contribution in [0.4, 0.5) is 0 Å². The average molecular weight is 310 g/mol. The summed E-state index contributed by atoms with van der Waals surface area (Å²) < 4.78 is 0. The van der Waals surface area contributed by atoms with Crippen molar-refractivity contribution in [2.75, 3.05) is 13.1 Å². The standard InChI is InChI=1S/C16H18N6O/c23-15(8-12-9-17-14-6-2-1-5-13(12)14)22-7-3-4-11(10-22)16-18-20-21-19-16/h1-2,5-6,9,11,17H,3-4,7-8,10H2,(H,18,19,20,21). The number of fused-ring (bicyclic) bond motifs is 1. The smallest absolute Gasteiger partial charge is 0.227 e. The predicted molar refractivity (Wildman–Crippen MR) is 84.7 cm³/mol. The predicted octanol–water partition coefficient (Wildman–Crippen LogP) is 1.63. The van der Waals surface area contributed by atoms with Gasteiger partial charge in [-0.15, -0.1) is 10.2 Å². The van der Waals surface area contributed by atoms with Gasteiger partial charge in [-0.3, -0.25) is 4.79 Å². The summed E-state index contributed by atoms with van der Waals surface area (Å²) in [4.78, 5) is 17.8. The molecule has 1 aliphatic rings. The number of likely N-dealkylation sites (tertiary alicyclic amines) is 1. The molecule has 1 saturated heterocycles. The molecule has 1 atom stereocenters. The summed E-state index contributed by atoms with van der Waals surface area (Å²) >= 11 is 0. The van der Waals surface area contributed by atoms with E-state index in [0.29, 0.717) is 18.8 Å². The van der Waals surface area contributed by atoms with Gasteiger partial charge >= 0.3 is 0 Å². The maximum Gasteiger partial charge on any atom is 0.227 e. The number of tetrazole rings is 1. The number of hydrogen-bond acceptors (Lipinski definition) is 4. The van der Waals surface area contributed by atoms with Crippen LogP contribution in [-0.2, 0) is 11.2 Å². The normalized spacial score (nSPS) is 18.4. The molecular formula is C16H18N6O. The number of H-pyrrole nitrogens is 2. The van der Waals surface area contributed by atoms with Crippen LogP contribution in [0.15, 0.2) is 30.5 Å². The first-order chi connectivity index (χ1) is 11.3. The maximum atomic E-state index is 12.7. The van der Waals surface area contributed by atoms with Crippen LogP contribution < -0.4 is 0 Å². The van der Waals surface area contributed by atoms with Crippen LogP contribution in [0.3, 0.4) is 0 Å². The number of benzene rings is 1. The van der Waals surface area contributed by atoms with Gasteiger partial charge in [0.2, 0.25) is 5.91 Å². The molecule has 3 aromatic rings. The Hall–Kier alpha value is -2.70. The van der Waals surface area contributed by atoms with E-state index in [0.717, 1.165) is 35.9 Å². The Morgan fingerprint density at radius 3 is 3.13 bits per heavy atom. The molecular weight excluding hydrogens is 292 g/mol. The van der Waals surface area contributed by atoms with Crippen molar-refractivity contribution in [3.05, 3.63) is 41.9 Å². The lowest BCUT2D eigenvalue weighted by molar-refractivity contribution is -0.131. The lowest BCUT2D eigenvalue weighted by Crippen LogP contribution is -2.40. The first-order valence-corrected chi connectivity index (χ1v) is 7.87. The van der Waals surface area contributed by atoms with E-state index in [9.17, 15) is 4.79 Å². The van der Waals surface area contributed by atoms with Crippen LogP contribution in [0, 0.1) is 0 Å². The van der Waals surface area contributed by atoms with Crippen molar-refractivity contribution < 1.29 is 4.79 Å². The first kappa shape index (κ1) is 13.9. The molecule has 0 radical (unpaired) electrons. The fourth-order valence-electron chi connectivity index (χ4n) is 3.31. The minimum absolute atomic E-state index is 0.156. The number of aromatic amines is 2. The second-order valence-electron chi connectivity index (χ2n) is 5.99. The van der Waals surface area contributed by atoms with Crippen molar-refractivity contribution in [2.24, 2.45) is 0 Å². The van der Waals surface area contributed by atoms with E-state index in [1.54, 1.807) is 0 Å². The van der Waals surface area contributed by atoms with E-state index in [1.807, 2.05) is 35.4 Å². The van der Waals surface area contributed by atoms with Gasteiger partial charge in [-0.25, -0.2) is 0 Å². The molecule has 0 saturated carbocycles. The molecule has 0 spiro atoms. The van der Waals surface area contributed by atoms with Gasteiger partial charge in [0.25, 0.3) is 0 Å². The molecule has 3 heterocycles. The van der Waals surface area contributed by atoms with Gasteiger partial charge in [0.05, 0.1) is 6.42 Å². The van der Waals surface area contributed by atoms with Gasteiger partial charge in [0.15, 0.2) is 5.82 Å². The zero-order valence-corrected chi connectivity index (χ0v) is 12.7. The van der Waals surface area contributed by atoms with Gasteiger partial charge in [0.1, 0.15) is 0 Å². The molecule has 2 aromatic heterocycles. The van der Waals surface area contributed by atoms with Crippen molar-refractivity contribution >= 4 is 16.8 Å². The maximum absolute atomic E-state index is 12.7. The second-order valence-corrected chi connectivity index (χ2v) is 5.99. The summed E-state index contributed by atoms with van der Waals surface area (Å²) in [6, 6.07) is 8.06. The van der Waals surface area contributed by atoms with E-state index in [-0.39, 0.29) is 11.8 Å². The summed E-state index contributed by atoms with van der Waals surface area (Å²) in [6.45, 7) is 1.47. The lowest BCUT2D eigenvalue weighted by atomic mass is 9.97. The topological polar surface area (TPSA) is 90.6 Å². The van der Waals surface area contributed by atoms with Crippen LogP contribution in [0.1, 0.15) is 30.1 Å². The molecule has 1 aromatic carbocycles. The van der Waals surface area contributed by atoms with Gasteiger partial charge in [-0.2, -0.15) is 5.21 Å². The number of aromatic nitrogens is 5. The highest BCUT2D eigenvalue weighted by atomic mass is 16.2. The SMILES string of the molecule is O=C(Cc1c[nH]c2ccccc12)N1CCCC(c2nn[nH]n2)C1. The van der Waals surface area contributed by atoms with Crippen LogP contribution in [0.5, 0.6) is 0 Å². The molecule has 2 N–H and O–H groups in total. The van der Waals surface area contributed by atoms with Crippen molar-refractivity contribution in [2.45, 2.75) is 25.2 Å². The largest absolute Gasteiger partial charge is 0.361 e. The number of carbonyl (C=O) groups is 1. The van der Waals surface area contributed by atoms with Gasteiger partial charge in [-0.1, -0.05) is 23.4 Å². The molecule has 7 heteroatoms. The van der Waals surface area contributed by atoms with E-state index in [2.05, 4.69) is 25.6 Å². The molecule has 1 unspecified atom stereocenters. The number of amides is 1. The third kappa shape index (κ3) is 2.69. The molecule has 0 aliphatic carbocycles.